The molecule has 1 aromatic rings. The number of aromatic nitrogens is 2. The lowest BCUT2D eigenvalue weighted by molar-refractivity contribution is 0.0580. The van der Waals surface area contributed by atoms with Gasteiger partial charge in [0.2, 0.25) is 0 Å². The molecule has 0 aromatic carbocycles. The highest BCUT2D eigenvalue weighted by molar-refractivity contribution is 5.97. The van der Waals surface area contributed by atoms with Crippen molar-refractivity contribution in [1.82, 2.24) is 15.1 Å². The molecule has 1 fully saturated rings. The van der Waals surface area contributed by atoms with Crippen LogP contribution >= 0.6 is 0 Å². The van der Waals surface area contributed by atoms with Crippen molar-refractivity contribution in [3.8, 4) is 0 Å². The van der Waals surface area contributed by atoms with Gasteiger partial charge in [-0.15, -0.1) is 0 Å². The summed E-state index contributed by atoms with van der Waals surface area (Å²) in [6.07, 6.45) is 5.16. The molecule has 0 spiro atoms. The second kappa shape index (κ2) is 6.06. The minimum atomic E-state index is -0.198. The summed E-state index contributed by atoms with van der Waals surface area (Å²) in [7, 11) is 1.72. The van der Waals surface area contributed by atoms with E-state index in [0.29, 0.717) is 36.3 Å². The SMILES string of the molecule is Cc1nn(C)c(C(=O)NCCOC2CCCC2)c1N. The number of carbonyl (C=O) groups excluding carboxylic acids is 1. The molecule has 0 bridgehead atoms. The van der Waals surface area contributed by atoms with Crippen LogP contribution in [0.5, 0.6) is 0 Å². The molecule has 3 N–H and O–H groups in total. The Morgan fingerprint density at radius 1 is 1.53 bits per heavy atom. The first-order valence-electron chi connectivity index (χ1n) is 6.78. The molecule has 0 unspecified atom stereocenters. The summed E-state index contributed by atoms with van der Waals surface area (Å²) in [5.41, 5.74) is 7.37. The number of hydrogen-bond acceptors (Lipinski definition) is 4. The standard InChI is InChI=1S/C13H22N4O2/c1-9-11(14)12(17(2)16-9)13(18)15-7-8-19-10-5-3-4-6-10/h10H,3-8,14H2,1-2H3,(H,15,18). The number of nitrogens with one attached hydrogen (secondary N) is 1. The average Bonchev–Trinajstić information content (AvgIpc) is 2.95. The van der Waals surface area contributed by atoms with E-state index < -0.39 is 0 Å². The molecule has 1 saturated carbocycles. The maximum Gasteiger partial charge on any atom is 0.271 e. The van der Waals surface area contributed by atoms with Gasteiger partial charge in [-0.1, -0.05) is 12.8 Å². The molecular weight excluding hydrogens is 244 g/mol. The van der Waals surface area contributed by atoms with E-state index in [1.165, 1.54) is 17.5 Å². The molecule has 106 valence electrons. The Morgan fingerprint density at radius 2 is 2.21 bits per heavy atom. The van der Waals surface area contributed by atoms with Gasteiger partial charge in [-0.2, -0.15) is 5.10 Å². The normalized spacial score (nSPS) is 15.9. The van der Waals surface area contributed by atoms with Crippen molar-refractivity contribution in [3.63, 3.8) is 0 Å². The van der Waals surface area contributed by atoms with E-state index in [-0.39, 0.29) is 5.91 Å². The van der Waals surface area contributed by atoms with Gasteiger partial charge in [0.1, 0.15) is 5.69 Å². The molecule has 0 atom stereocenters. The lowest BCUT2D eigenvalue weighted by Gasteiger charge is -2.11. The van der Waals surface area contributed by atoms with Gasteiger partial charge in [-0.3, -0.25) is 9.48 Å². The minimum Gasteiger partial charge on any atom is -0.395 e. The number of carbonyl (C=O) groups is 1. The van der Waals surface area contributed by atoms with E-state index in [4.69, 9.17) is 10.5 Å². The molecule has 1 heterocycles. The fourth-order valence-corrected chi connectivity index (χ4v) is 2.47. The molecule has 1 aliphatic rings. The topological polar surface area (TPSA) is 82.2 Å². The number of nitrogen functional groups attached to an aromatic ring is 1. The molecule has 0 saturated heterocycles. The predicted molar refractivity (Wildman–Crippen MR) is 72.9 cm³/mol. The van der Waals surface area contributed by atoms with Gasteiger partial charge >= 0.3 is 0 Å². The average molecular weight is 266 g/mol. The molecule has 0 aliphatic heterocycles. The Balaban J connectivity index is 1.77. The molecule has 19 heavy (non-hydrogen) atoms. The minimum absolute atomic E-state index is 0.198. The second-order valence-electron chi connectivity index (χ2n) is 5.00. The third-order valence-corrected chi connectivity index (χ3v) is 3.53. The van der Waals surface area contributed by atoms with Crippen molar-refractivity contribution < 1.29 is 9.53 Å². The van der Waals surface area contributed by atoms with E-state index in [0.717, 1.165) is 12.8 Å². The third kappa shape index (κ3) is 3.26. The van der Waals surface area contributed by atoms with E-state index >= 15 is 0 Å². The predicted octanol–water partition coefficient (Wildman–Crippen LogP) is 1.000. The van der Waals surface area contributed by atoms with Crippen LogP contribution in [0.1, 0.15) is 41.9 Å². The Kier molecular flexibility index (Phi) is 4.42. The van der Waals surface area contributed by atoms with Gasteiger partial charge in [-0.25, -0.2) is 0 Å². The summed E-state index contributed by atoms with van der Waals surface area (Å²) in [4.78, 5) is 12.0. The first kappa shape index (κ1) is 13.9. The van der Waals surface area contributed by atoms with Gasteiger partial charge in [0, 0.05) is 13.6 Å². The Hall–Kier alpha value is -1.56. The molecule has 6 nitrogen and oxygen atoms in total. The summed E-state index contributed by atoms with van der Waals surface area (Å²) in [6, 6.07) is 0. The number of hydrogen-bond donors (Lipinski definition) is 2. The van der Waals surface area contributed by atoms with Crippen LogP contribution in [-0.2, 0) is 11.8 Å². The van der Waals surface area contributed by atoms with Gasteiger partial charge in [0.25, 0.3) is 5.91 Å². The largest absolute Gasteiger partial charge is 0.395 e. The highest BCUT2D eigenvalue weighted by Gasteiger charge is 2.18. The highest BCUT2D eigenvalue weighted by atomic mass is 16.5. The van der Waals surface area contributed by atoms with Crippen LogP contribution in [0.3, 0.4) is 0 Å². The van der Waals surface area contributed by atoms with Crippen LogP contribution < -0.4 is 11.1 Å². The molecule has 1 aliphatic carbocycles. The molecular formula is C13H22N4O2. The Bertz CT molecular complexity index is 450. The monoisotopic (exact) mass is 266 g/mol. The van der Waals surface area contributed by atoms with Crippen molar-refractivity contribution >= 4 is 11.6 Å². The molecule has 1 aromatic heterocycles. The van der Waals surface area contributed by atoms with E-state index in [9.17, 15) is 4.79 Å². The van der Waals surface area contributed by atoms with E-state index in [1.807, 2.05) is 0 Å². The van der Waals surface area contributed by atoms with E-state index in [2.05, 4.69) is 10.4 Å². The van der Waals surface area contributed by atoms with E-state index in [1.54, 1.807) is 14.0 Å². The summed E-state index contributed by atoms with van der Waals surface area (Å²) in [6.45, 7) is 2.83. The van der Waals surface area contributed by atoms with Crippen LogP contribution in [0, 0.1) is 6.92 Å². The third-order valence-electron chi connectivity index (χ3n) is 3.53. The smallest absolute Gasteiger partial charge is 0.271 e. The Morgan fingerprint density at radius 3 is 2.79 bits per heavy atom. The quantitative estimate of drug-likeness (QED) is 0.779. The maximum absolute atomic E-state index is 12.0. The fourth-order valence-electron chi connectivity index (χ4n) is 2.47. The molecule has 0 radical (unpaired) electrons. The van der Waals surface area contributed by atoms with Crippen LogP contribution in [0.15, 0.2) is 0 Å². The number of nitrogens with zero attached hydrogens (tertiary/aromatic N) is 2. The van der Waals surface area contributed by atoms with Gasteiger partial charge in [0.15, 0.2) is 0 Å². The highest BCUT2D eigenvalue weighted by Crippen LogP contribution is 2.20. The van der Waals surface area contributed by atoms with Crippen molar-refractivity contribution in [2.45, 2.75) is 38.7 Å². The number of rotatable bonds is 5. The van der Waals surface area contributed by atoms with Crippen molar-refractivity contribution in [2.24, 2.45) is 7.05 Å². The fraction of sp³-hybridized carbons (Fsp3) is 0.692. The zero-order valence-electron chi connectivity index (χ0n) is 11.6. The number of anilines is 1. The summed E-state index contributed by atoms with van der Waals surface area (Å²) in [5, 5.41) is 6.94. The van der Waals surface area contributed by atoms with Crippen molar-refractivity contribution in [1.29, 1.82) is 0 Å². The first-order chi connectivity index (χ1) is 9.09. The van der Waals surface area contributed by atoms with Crippen LogP contribution in [0.4, 0.5) is 5.69 Å². The number of amides is 1. The van der Waals surface area contributed by atoms with Crippen LogP contribution in [-0.4, -0.2) is 34.9 Å². The van der Waals surface area contributed by atoms with Gasteiger partial charge in [-0.05, 0) is 19.8 Å². The zero-order valence-corrected chi connectivity index (χ0v) is 11.6. The first-order valence-corrected chi connectivity index (χ1v) is 6.78. The van der Waals surface area contributed by atoms with Crippen molar-refractivity contribution in [3.05, 3.63) is 11.4 Å². The number of aryl methyl sites for hydroxylation is 2. The van der Waals surface area contributed by atoms with Crippen LogP contribution in [0.25, 0.3) is 0 Å². The zero-order chi connectivity index (χ0) is 13.8. The summed E-state index contributed by atoms with van der Waals surface area (Å²) in [5.74, 6) is -0.198. The van der Waals surface area contributed by atoms with Crippen LogP contribution in [0.2, 0.25) is 0 Å². The lowest BCUT2D eigenvalue weighted by atomic mass is 10.3. The second-order valence-corrected chi connectivity index (χ2v) is 5.00. The molecule has 1 amide bonds. The van der Waals surface area contributed by atoms with Gasteiger partial charge in [0.05, 0.1) is 24.1 Å². The number of ether oxygens (including phenoxy) is 1. The summed E-state index contributed by atoms with van der Waals surface area (Å²) >= 11 is 0. The van der Waals surface area contributed by atoms with Gasteiger partial charge < -0.3 is 15.8 Å². The number of nitrogens with two attached hydrogens (primary N) is 1. The maximum atomic E-state index is 12.0. The molecule has 6 heteroatoms. The summed E-state index contributed by atoms with van der Waals surface area (Å²) < 4.78 is 7.20. The lowest BCUT2D eigenvalue weighted by Crippen LogP contribution is -2.30. The molecule has 2 rings (SSSR count). The Labute approximate surface area is 113 Å². The van der Waals surface area contributed by atoms with Crippen molar-refractivity contribution in [2.75, 3.05) is 18.9 Å².